The van der Waals surface area contributed by atoms with Crippen molar-refractivity contribution in [3.05, 3.63) is 29.8 Å². The number of halogens is 1. The molecule has 1 aromatic rings. The van der Waals surface area contributed by atoms with Crippen LogP contribution in [0.25, 0.3) is 0 Å². The average molecular weight is 297 g/mol. The molecule has 4 heteroatoms. The van der Waals surface area contributed by atoms with Crippen molar-refractivity contribution in [2.24, 2.45) is 0 Å². The molecular formula is C16H21ClO3. The number of benzene rings is 1. The molecule has 2 aliphatic heterocycles. The van der Waals surface area contributed by atoms with Crippen LogP contribution >= 0.6 is 11.6 Å². The van der Waals surface area contributed by atoms with Crippen molar-refractivity contribution in [2.75, 3.05) is 19.8 Å². The highest BCUT2D eigenvalue weighted by Crippen LogP contribution is 2.36. The van der Waals surface area contributed by atoms with E-state index in [9.17, 15) is 0 Å². The van der Waals surface area contributed by atoms with Crippen molar-refractivity contribution >= 4 is 11.6 Å². The van der Waals surface area contributed by atoms with Crippen molar-refractivity contribution in [1.29, 1.82) is 0 Å². The summed E-state index contributed by atoms with van der Waals surface area (Å²) in [5.74, 6) is 1.40. The molecule has 2 fully saturated rings. The number of rotatable bonds is 3. The van der Waals surface area contributed by atoms with Crippen LogP contribution in [0.4, 0.5) is 0 Å². The molecule has 2 saturated heterocycles. The van der Waals surface area contributed by atoms with Gasteiger partial charge in [-0.05, 0) is 18.9 Å². The van der Waals surface area contributed by atoms with Crippen molar-refractivity contribution in [3.63, 3.8) is 0 Å². The topological polar surface area (TPSA) is 27.7 Å². The lowest BCUT2D eigenvalue weighted by Gasteiger charge is -2.43. The highest BCUT2D eigenvalue weighted by Gasteiger charge is 2.39. The standard InChI is InChI=1S/C16H21ClO3/c17-12-13-3-1-2-4-15(13)20-14-5-8-19-16(11-14)6-9-18-10-7-16/h1-4,14H,5-12H2. The van der Waals surface area contributed by atoms with Gasteiger partial charge in [0.25, 0.3) is 0 Å². The molecule has 1 atom stereocenters. The number of hydrogen-bond acceptors (Lipinski definition) is 3. The van der Waals surface area contributed by atoms with Gasteiger partial charge in [-0.1, -0.05) is 18.2 Å². The molecule has 20 heavy (non-hydrogen) atoms. The van der Waals surface area contributed by atoms with Gasteiger partial charge >= 0.3 is 0 Å². The maximum absolute atomic E-state index is 6.20. The van der Waals surface area contributed by atoms with E-state index in [-0.39, 0.29) is 11.7 Å². The summed E-state index contributed by atoms with van der Waals surface area (Å²) in [6.45, 7) is 2.36. The Hall–Kier alpha value is -0.770. The van der Waals surface area contributed by atoms with Crippen LogP contribution in [0.3, 0.4) is 0 Å². The van der Waals surface area contributed by atoms with E-state index in [2.05, 4.69) is 0 Å². The molecule has 1 unspecified atom stereocenters. The fourth-order valence-electron chi connectivity index (χ4n) is 3.08. The van der Waals surface area contributed by atoms with E-state index in [0.717, 1.165) is 56.8 Å². The number of para-hydroxylation sites is 1. The Morgan fingerprint density at radius 1 is 1.20 bits per heavy atom. The van der Waals surface area contributed by atoms with Gasteiger partial charge in [-0.3, -0.25) is 0 Å². The normalized spacial score (nSPS) is 25.6. The Labute approximate surface area is 125 Å². The first-order chi connectivity index (χ1) is 9.81. The molecule has 1 aromatic carbocycles. The van der Waals surface area contributed by atoms with Crippen LogP contribution in [-0.4, -0.2) is 31.5 Å². The first kappa shape index (κ1) is 14.2. The van der Waals surface area contributed by atoms with Crippen LogP contribution in [0, 0.1) is 0 Å². The van der Waals surface area contributed by atoms with Gasteiger partial charge in [-0.15, -0.1) is 11.6 Å². The maximum Gasteiger partial charge on any atom is 0.124 e. The van der Waals surface area contributed by atoms with Gasteiger partial charge in [0.15, 0.2) is 0 Å². The molecule has 2 aliphatic rings. The summed E-state index contributed by atoms with van der Waals surface area (Å²) in [6.07, 6.45) is 4.06. The second-order valence-corrected chi connectivity index (χ2v) is 5.89. The van der Waals surface area contributed by atoms with Gasteiger partial charge in [-0.2, -0.15) is 0 Å². The minimum absolute atomic E-state index is 0.0307. The maximum atomic E-state index is 6.20. The lowest BCUT2D eigenvalue weighted by molar-refractivity contribution is -0.155. The molecule has 110 valence electrons. The summed E-state index contributed by atoms with van der Waals surface area (Å²) >= 11 is 5.97. The molecule has 0 aliphatic carbocycles. The molecular weight excluding hydrogens is 276 g/mol. The zero-order valence-corrected chi connectivity index (χ0v) is 12.4. The van der Waals surface area contributed by atoms with Gasteiger partial charge in [0, 0.05) is 31.6 Å². The van der Waals surface area contributed by atoms with Gasteiger partial charge in [0.05, 0.1) is 18.1 Å². The first-order valence-electron chi connectivity index (χ1n) is 7.34. The van der Waals surface area contributed by atoms with Crippen LogP contribution in [0.5, 0.6) is 5.75 Å². The van der Waals surface area contributed by atoms with Crippen LogP contribution < -0.4 is 4.74 Å². The Kier molecular flexibility index (Phi) is 4.49. The lowest BCUT2D eigenvalue weighted by atomic mass is 9.85. The average Bonchev–Trinajstić information content (AvgIpc) is 2.49. The van der Waals surface area contributed by atoms with Gasteiger partial charge < -0.3 is 14.2 Å². The van der Waals surface area contributed by atoms with Crippen molar-refractivity contribution in [1.82, 2.24) is 0 Å². The molecule has 0 N–H and O–H groups in total. The first-order valence-corrected chi connectivity index (χ1v) is 7.87. The molecule has 3 rings (SSSR count). The minimum atomic E-state index is -0.0307. The summed E-state index contributed by atoms with van der Waals surface area (Å²) in [7, 11) is 0. The Morgan fingerprint density at radius 2 is 2.00 bits per heavy atom. The summed E-state index contributed by atoms with van der Waals surface area (Å²) in [4.78, 5) is 0. The number of ether oxygens (including phenoxy) is 3. The zero-order chi connectivity index (χ0) is 13.8. The highest BCUT2D eigenvalue weighted by molar-refractivity contribution is 6.17. The van der Waals surface area contributed by atoms with Gasteiger partial charge in [0.2, 0.25) is 0 Å². The van der Waals surface area contributed by atoms with E-state index in [1.54, 1.807) is 0 Å². The van der Waals surface area contributed by atoms with E-state index in [1.807, 2.05) is 24.3 Å². The molecule has 2 heterocycles. The molecule has 0 bridgehead atoms. The Bertz CT molecular complexity index is 438. The summed E-state index contributed by atoms with van der Waals surface area (Å²) in [5.41, 5.74) is 1.03. The molecule has 3 nitrogen and oxygen atoms in total. The fraction of sp³-hybridized carbons (Fsp3) is 0.625. The highest BCUT2D eigenvalue weighted by atomic mass is 35.5. The molecule has 0 aromatic heterocycles. The second-order valence-electron chi connectivity index (χ2n) is 5.62. The third-order valence-electron chi connectivity index (χ3n) is 4.26. The fourth-order valence-corrected chi connectivity index (χ4v) is 3.30. The smallest absolute Gasteiger partial charge is 0.124 e. The second kappa shape index (κ2) is 6.33. The molecule has 1 spiro atoms. The van der Waals surface area contributed by atoms with Crippen molar-refractivity contribution in [2.45, 2.75) is 43.3 Å². The van der Waals surface area contributed by atoms with Crippen molar-refractivity contribution in [3.8, 4) is 5.75 Å². The van der Waals surface area contributed by atoms with Gasteiger partial charge in [0.1, 0.15) is 11.9 Å². The Morgan fingerprint density at radius 3 is 2.80 bits per heavy atom. The quantitative estimate of drug-likeness (QED) is 0.799. The van der Waals surface area contributed by atoms with E-state index in [0.29, 0.717) is 5.88 Å². The van der Waals surface area contributed by atoms with Gasteiger partial charge in [-0.25, -0.2) is 0 Å². The molecule has 0 amide bonds. The molecule has 0 saturated carbocycles. The van der Waals surface area contributed by atoms with Crippen LogP contribution in [-0.2, 0) is 15.4 Å². The minimum Gasteiger partial charge on any atom is -0.490 e. The van der Waals surface area contributed by atoms with E-state index in [4.69, 9.17) is 25.8 Å². The number of hydrogen-bond donors (Lipinski definition) is 0. The van der Waals surface area contributed by atoms with Crippen LogP contribution in [0.1, 0.15) is 31.2 Å². The van der Waals surface area contributed by atoms with E-state index < -0.39 is 0 Å². The molecule has 0 radical (unpaired) electrons. The van der Waals surface area contributed by atoms with Crippen LogP contribution in [0.2, 0.25) is 0 Å². The monoisotopic (exact) mass is 296 g/mol. The predicted molar refractivity (Wildman–Crippen MR) is 78.4 cm³/mol. The third-order valence-corrected chi connectivity index (χ3v) is 4.55. The third kappa shape index (κ3) is 3.11. The largest absolute Gasteiger partial charge is 0.490 e. The van der Waals surface area contributed by atoms with Crippen LogP contribution in [0.15, 0.2) is 24.3 Å². The van der Waals surface area contributed by atoms with Crippen molar-refractivity contribution < 1.29 is 14.2 Å². The summed E-state index contributed by atoms with van der Waals surface area (Å²) in [5, 5.41) is 0. The van der Waals surface area contributed by atoms with E-state index in [1.165, 1.54) is 0 Å². The van der Waals surface area contributed by atoms with E-state index >= 15 is 0 Å². The summed E-state index contributed by atoms with van der Waals surface area (Å²) in [6, 6.07) is 8.01. The SMILES string of the molecule is ClCc1ccccc1OC1CCOC2(CCOCC2)C1. The number of alkyl halides is 1. The summed E-state index contributed by atoms with van der Waals surface area (Å²) < 4.78 is 17.7. The lowest BCUT2D eigenvalue weighted by Crippen LogP contribution is -2.47. The Balaban J connectivity index is 1.68. The zero-order valence-electron chi connectivity index (χ0n) is 11.6. The predicted octanol–water partition coefficient (Wildman–Crippen LogP) is 3.53.